The molecule has 0 bridgehead atoms. The molecule has 0 saturated carbocycles. The predicted octanol–water partition coefficient (Wildman–Crippen LogP) is 0.739. The highest BCUT2D eigenvalue weighted by Crippen LogP contribution is 2.19. The van der Waals surface area contributed by atoms with Crippen molar-refractivity contribution in [3.05, 3.63) is 0 Å². The first-order valence-corrected chi connectivity index (χ1v) is 9.48. The van der Waals surface area contributed by atoms with Gasteiger partial charge in [0.1, 0.15) is 4.75 Å². The van der Waals surface area contributed by atoms with E-state index < -0.39 is 14.6 Å². The van der Waals surface area contributed by atoms with E-state index in [1.54, 1.807) is 4.90 Å². The SMILES string of the molecule is CC(C)(C(=O)N1CCCN(CCBr)CC1)S(C)(=O)=O. The lowest BCUT2D eigenvalue weighted by atomic mass is 10.1. The van der Waals surface area contributed by atoms with Gasteiger partial charge in [-0.25, -0.2) is 8.42 Å². The van der Waals surface area contributed by atoms with Crippen LogP contribution in [0.2, 0.25) is 0 Å². The predicted molar refractivity (Wildman–Crippen MR) is 80.4 cm³/mol. The Morgan fingerprint density at radius 1 is 1.21 bits per heavy atom. The molecule has 1 rings (SSSR count). The van der Waals surface area contributed by atoms with Gasteiger partial charge in [-0.3, -0.25) is 4.79 Å². The molecule has 0 atom stereocenters. The molecule has 112 valence electrons. The highest BCUT2D eigenvalue weighted by Gasteiger charge is 2.41. The first kappa shape index (κ1) is 16.9. The molecule has 0 aromatic rings. The highest BCUT2D eigenvalue weighted by molar-refractivity contribution is 9.09. The molecule has 0 N–H and O–H groups in total. The Kier molecular flexibility index (Phi) is 5.82. The largest absolute Gasteiger partial charge is 0.340 e. The first-order chi connectivity index (χ1) is 8.70. The zero-order chi connectivity index (χ0) is 14.7. The van der Waals surface area contributed by atoms with Crippen molar-refractivity contribution in [3.63, 3.8) is 0 Å². The van der Waals surface area contributed by atoms with E-state index >= 15 is 0 Å². The van der Waals surface area contributed by atoms with Crippen LogP contribution in [0.4, 0.5) is 0 Å². The topological polar surface area (TPSA) is 57.7 Å². The number of nitrogens with zero attached hydrogens (tertiary/aromatic N) is 2. The summed E-state index contributed by atoms with van der Waals surface area (Å²) in [6, 6.07) is 0. The second-order valence-corrected chi connectivity index (χ2v) is 8.82. The molecular weight excluding hydrogens is 332 g/mol. The third-order valence-electron chi connectivity index (χ3n) is 3.72. The van der Waals surface area contributed by atoms with E-state index in [4.69, 9.17) is 0 Å². The van der Waals surface area contributed by atoms with Gasteiger partial charge in [0.15, 0.2) is 9.84 Å². The van der Waals surface area contributed by atoms with E-state index in [1.165, 1.54) is 13.8 Å². The molecule has 19 heavy (non-hydrogen) atoms. The molecule has 0 spiro atoms. The van der Waals surface area contributed by atoms with Crippen LogP contribution >= 0.6 is 15.9 Å². The molecule has 0 aromatic heterocycles. The highest BCUT2D eigenvalue weighted by atomic mass is 79.9. The molecule has 0 radical (unpaired) electrons. The van der Waals surface area contributed by atoms with Crippen molar-refractivity contribution in [1.29, 1.82) is 0 Å². The number of halogens is 1. The van der Waals surface area contributed by atoms with Crippen molar-refractivity contribution in [2.45, 2.75) is 25.0 Å². The zero-order valence-corrected chi connectivity index (χ0v) is 14.3. The van der Waals surface area contributed by atoms with Crippen molar-refractivity contribution in [1.82, 2.24) is 9.80 Å². The molecule has 1 fully saturated rings. The molecule has 1 heterocycles. The van der Waals surface area contributed by atoms with E-state index in [0.717, 1.165) is 37.6 Å². The molecule has 1 aliphatic rings. The van der Waals surface area contributed by atoms with Crippen LogP contribution in [0.25, 0.3) is 0 Å². The minimum atomic E-state index is -3.40. The second kappa shape index (κ2) is 6.54. The Balaban J connectivity index is 2.74. The van der Waals surface area contributed by atoms with Gasteiger partial charge in [-0.05, 0) is 26.8 Å². The molecule has 0 unspecified atom stereocenters. The van der Waals surface area contributed by atoms with Gasteiger partial charge in [-0.2, -0.15) is 0 Å². The summed E-state index contributed by atoms with van der Waals surface area (Å²) in [4.78, 5) is 16.4. The Morgan fingerprint density at radius 2 is 1.84 bits per heavy atom. The maximum absolute atomic E-state index is 12.4. The fourth-order valence-corrected chi connectivity index (χ4v) is 3.00. The van der Waals surface area contributed by atoms with Crippen LogP contribution in [0.5, 0.6) is 0 Å². The summed E-state index contributed by atoms with van der Waals surface area (Å²) >= 11 is 3.41. The van der Waals surface area contributed by atoms with Crippen LogP contribution in [0, 0.1) is 0 Å². The van der Waals surface area contributed by atoms with Gasteiger partial charge < -0.3 is 9.80 Å². The average molecular weight is 355 g/mol. The van der Waals surface area contributed by atoms with E-state index in [-0.39, 0.29) is 5.91 Å². The summed E-state index contributed by atoms with van der Waals surface area (Å²) in [7, 11) is -3.40. The number of sulfone groups is 1. The summed E-state index contributed by atoms with van der Waals surface area (Å²) in [5.41, 5.74) is 0. The number of alkyl halides is 1. The molecular formula is C12H23BrN2O3S. The zero-order valence-electron chi connectivity index (χ0n) is 11.9. The van der Waals surface area contributed by atoms with Gasteiger partial charge in [-0.15, -0.1) is 0 Å². The number of hydrogen-bond donors (Lipinski definition) is 0. The lowest BCUT2D eigenvalue weighted by molar-refractivity contribution is -0.133. The summed E-state index contributed by atoms with van der Waals surface area (Å²) in [6.07, 6.45) is 2.01. The second-order valence-electron chi connectivity index (χ2n) is 5.46. The van der Waals surface area contributed by atoms with Gasteiger partial charge in [-0.1, -0.05) is 15.9 Å². The number of hydrogen-bond acceptors (Lipinski definition) is 4. The number of rotatable bonds is 4. The third-order valence-corrected chi connectivity index (χ3v) is 6.10. The summed E-state index contributed by atoms with van der Waals surface area (Å²) in [6.45, 7) is 6.93. The van der Waals surface area contributed by atoms with E-state index in [1.807, 2.05) is 0 Å². The smallest absolute Gasteiger partial charge is 0.243 e. The maximum atomic E-state index is 12.4. The fourth-order valence-electron chi connectivity index (χ4n) is 2.06. The number of carbonyl (C=O) groups is 1. The Hall–Kier alpha value is -0.140. The van der Waals surface area contributed by atoms with E-state index in [2.05, 4.69) is 20.8 Å². The third kappa shape index (κ3) is 4.16. The lowest BCUT2D eigenvalue weighted by Gasteiger charge is -2.30. The minimum absolute atomic E-state index is 0.282. The van der Waals surface area contributed by atoms with Gasteiger partial charge in [0.05, 0.1) is 0 Å². The van der Waals surface area contributed by atoms with Crippen LogP contribution < -0.4 is 0 Å². The van der Waals surface area contributed by atoms with E-state index in [9.17, 15) is 13.2 Å². The molecule has 0 aromatic carbocycles. The normalized spacial score (nSPS) is 19.3. The van der Waals surface area contributed by atoms with Crippen LogP contribution in [0.1, 0.15) is 20.3 Å². The molecule has 1 aliphatic heterocycles. The Morgan fingerprint density at radius 3 is 2.37 bits per heavy atom. The molecule has 1 saturated heterocycles. The van der Waals surface area contributed by atoms with Crippen molar-refractivity contribution >= 4 is 31.7 Å². The quantitative estimate of drug-likeness (QED) is 0.698. The van der Waals surface area contributed by atoms with Crippen molar-refractivity contribution in [2.24, 2.45) is 0 Å². The Labute approximate surface area is 124 Å². The van der Waals surface area contributed by atoms with Gasteiger partial charge in [0, 0.05) is 37.8 Å². The standard InChI is InChI=1S/C12H23BrN2O3S/c1-12(2,19(3,17)18)11(16)15-7-4-6-14(8-5-13)9-10-15/h4-10H2,1-3H3. The minimum Gasteiger partial charge on any atom is -0.340 e. The lowest BCUT2D eigenvalue weighted by Crippen LogP contribution is -2.50. The molecule has 5 nitrogen and oxygen atoms in total. The van der Waals surface area contributed by atoms with Crippen LogP contribution in [0.15, 0.2) is 0 Å². The molecule has 1 amide bonds. The Bertz CT molecular complexity index is 423. The van der Waals surface area contributed by atoms with E-state index in [0.29, 0.717) is 13.1 Å². The average Bonchev–Trinajstić information content (AvgIpc) is 2.52. The fraction of sp³-hybridized carbons (Fsp3) is 0.917. The van der Waals surface area contributed by atoms with Crippen molar-refractivity contribution < 1.29 is 13.2 Å². The number of carbonyl (C=O) groups excluding carboxylic acids is 1. The summed E-state index contributed by atoms with van der Waals surface area (Å²) < 4.78 is 22.1. The van der Waals surface area contributed by atoms with Crippen LogP contribution in [-0.4, -0.2) is 73.2 Å². The number of amides is 1. The van der Waals surface area contributed by atoms with Crippen molar-refractivity contribution in [3.8, 4) is 0 Å². The first-order valence-electron chi connectivity index (χ1n) is 6.47. The molecule has 7 heteroatoms. The van der Waals surface area contributed by atoms with Gasteiger partial charge in [0.2, 0.25) is 5.91 Å². The van der Waals surface area contributed by atoms with Gasteiger partial charge >= 0.3 is 0 Å². The van der Waals surface area contributed by atoms with Gasteiger partial charge in [0.25, 0.3) is 0 Å². The molecule has 0 aliphatic carbocycles. The summed E-state index contributed by atoms with van der Waals surface area (Å²) in [5, 5.41) is 0.912. The van der Waals surface area contributed by atoms with Crippen LogP contribution in [-0.2, 0) is 14.6 Å². The maximum Gasteiger partial charge on any atom is 0.243 e. The van der Waals surface area contributed by atoms with Crippen LogP contribution in [0.3, 0.4) is 0 Å². The summed E-state index contributed by atoms with van der Waals surface area (Å²) in [5.74, 6) is -0.282. The van der Waals surface area contributed by atoms with Crippen molar-refractivity contribution in [2.75, 3.05) is 44.3 Å². The monoisotopic (exact) mass is 354 g/mol.